The zero-order valence-electron chi connectivity index (χ0n) is 14.9. The van der Waals surface area contributed by atoms with Gasteiger partial charge in [-0.1, -0.05) is 23.5 Å². The third-order valence-electron chi connectivity index (χ3n) is 4.07. The lowest BCUT2D eigenvalue weighted by molar-refractivity contribution is 0.0994. The van der Waals surface area contributed by atoms with Crippen LogP contribution in [0.1, 0.15) is 21.5 Å². The molecule has 0 spiro atoms. The lowest BCUT2D eigenvalue weighted by atomic mass is 10.1. The van der Waals surface area contributed by atoms with E-state index in [9.17, 15) is 4.79 Å². The summed E-state index contributed by atoms with van der Waals surface area (Å²) >= 11 is 1.51. The summed E-state index contributed by atoms with van der Waals surface area (Å²) in [6.07, 6.45) is 0. The van der Waals surface area contributed by atoms with Gasteiger partial charge in [0.05, 0.1) is 30.0 Å². The molecule has 0 aliphatic heterocycles. The molecule has 3 aromatic rings. The Morgan fingerprint density at radius 3 is 2.60 bits per heavy atom. The van der Waals surface area contributed by atoms with Crippen molar-refractivity contribution in [2.24, 2.45) is 12.0 Å². The minimum Gasteiger partial charge on any atom is -0.493 e. The van der Waals surface area contributed by atoms with Gasteiger partial charge in [0.15, 0.2) is 16.3 Å². The van der Waals surface area contributed by atoms with E-state index >= 15 is 0 Å². The summed E-state index contributed by atoms with van der Waals surface area (Å²) in [6.45, 7) is 4.13. The predicted octanol–water partition coefficient (Wildman–Crippen LogP) is 3.61. The SMILES string of the molecule is COc1cccc(C(=O)N=c2sc3c(C)cc(C)cc3n2C)c1OC. The topological polar surface area (TPSA) is 52.8 Å². The smallest absolute Gasteiger partial charge is 0.283 e. The number of carbonyl (C=O) groups is 1. The van der Waals surface area contributed by atoms with Crippen molar-refractivity contribution < 1.29 is 14.3 Å². The first kappa shape index (κ1) is 17.2. The van der Waals surface area contributed by atoms with Crippen LogP contribution < -0.4 is 14.3 Å². The van der Waals surface area contributed by atoms with Crippen LogP contribution in [0, 0.1) is 13.8 Å². The lowest BCUT2D eigenvalue weighted by Crippen LogP contribution is -2.14. The fourth-order valence-electron chi connectivity index (χ4n) is 2.88. The van der Waals surface area contributed by atoms with Crippen molar-refractivity contribution in [3.63, 3.8) is 0 Å². The van der Waals surface area contributed by atoms with Crippen molar-refractivity contribution in [1.82, 2.24) is 4.57 Å². The summed E-state index contributed by atoms with van der Waals surface area (Å²) in [6, 6.07) is 9.43. The normalized spacial score (nSPS) is 11.8. The molecule has 0 aliphatic rings. The van der Waals surface area contributed by atoms with Crippen LogP contribution in [0.3, 0.4) is 0 Å². The van der Waals surface area contributed by atoms with Crippen LogP contribution in [0.4, 0.5) is 0 Å². The van der Waals surface area contributed by atoms with Crippen LogP contribution in [0.25, 0.3) is 10.2 Å². The number of thiazole rings is 1. The van der Waals surface area contributed by atoms with Crippen LogP contribution in [-0.2, 0) is 7.05 Å². The Bertz CT molecular complexity index is 1030. The summed E-state index contributed by atoms with van der Waals surface area (Å²) in [4.78, 5) is 17.7. The maximum absolute atomic E-state index is 12.7. The van der Waals surface area contributed by atoms with Gasteiger partial charge >= 0.3 is 0 Å². The summed E-state index contributed by atoms with van der Waals surface area (Å²) in [5, 5.41) is 0. The Labute approximate surface area is 150 Å². The number of methoxy groups -OCH3 is 2. The fraction of sp³-hybridized carbons (Fsp3) is 0.263. The molecule has 0 radical (unpaired) electrons. The molecule has 0 unspecified atom stereocenters. The van der Waals surface area contributed by atoms with E-state index in [1.54, 1.807) is 25.3 Å². The second-order valence-electron chi connectivity index (χ2n) is 5.83. The van der Waals surface area contributed by atoms with Crippen molar-refractivity contribution in [1.29, 1.82) is 0 Å². The number of carbonyl (C=O) groups excluding carboxylic acids is 1. The molecule has 0 N–H and O–H groups in total. The van der Waals surface area contributed by atoms with Crippen molar-refractivity contribution in [3.05, 3.63) is 51.8 Å². The van der Waals surface area contributed by atoms with Crippen molar-refractivity contribution >= 4 is 27.5 Å². The van der Waals surface area contributed by atoms with Gasteiger partial charge in [-0.05, 0) is 43.2 Å². The van der Waals surface area contributed by atoms with Gasteiger partial charge in [-0.2, -0.15) is 4.99 Å². The largest absolute Gasteiger partial charge is 0.493 e. The van der Waals surface area contributed by atoms with E-state index in [0.717, 1.165) is 10.2 Å². The van der Waals surface area contributed by atoms with Gasteiger partial charge in [0.25, 0.3) is 5.91 Å². The van der Waals surface area contributed by atoms with E-state index in [1.165, 1.54) is 29.6 Å². The second-order valence-corrected chi connectivity index (χ2v) is 6.81. The van der Waals surface area contributed by atoms with Crippen molar-refractivity contribution in [2.75, 3.05) is 14.2 Å². The van der Waals surface area contributed by atoms with Crippen LogP contribution in [0.5, 0.6) is 11.5 Å². The van der Waals surface area contributed by atoms with E-state index in [2.05, 4.69) is 31.0 Å². The molecule has 0 bridgehead atoms. The van der Waals surface area contributed by atoms with E-state index in [4.69, 9.17) is 9.47 Å². The zero-order valence-corrected chi connectivity index (χ0v) is 15.7. The van der Waals surface area contributed by atoms with Gasteiger partial charge in [0.1, 0.15) is 0 Å². The highest BCUT2D eigenvalue weighted by Gasteiger charge is 2.16. The summed E-state index contributed by atoms with van der Waals surface area (Å²) in [7, 11) is 4.98. The minimum atomic E-state index is -0.354. The standard InChI is InChI=1S/C19H20N2O3S/c1-11-9-12(2)17-14(10-11)21(3)19(25-17)20-18(22)13-7-6-8-15(23-4)16(13)24-5/h6-10H,1-5H3. The van der Waals surface area contributed by atoms with E-state index in [0.29, 0.717) is 21.9 Å². The highest BCUT2D eigenvalue weighted by atomic mass is 32.1. The molecule has 0 atom stereocenters. The highest BCUT2D eigenvalue weighted by molar-refractivity contribution is 7.16. The third kappa shape index (κ3) is 3.05. The highest BCUT2D eigenvalue weighted by Crippen LogP contribution is 2.31. The molecule has 5 nitrogen and oxygen atoms in total. The number of amides is 1. The maximum Gasteiger partial charge on any atom is 0.283 e. The molecule has 0 saturated heterocycles. The number of nitrogens with zero attached hydrogens (tertiary/aromatic N) is 2. The Morgan fingerprint density at radius 1 is 1.16 bits per heavy atom. The zero-order chi connectivity index (χ0) is 18.1. The number of benzene rings is 2. The van der Waals surface area contributed by atoms with Gasteiger partial charge in [-0.25, -0.2) is 0 Å². The fourth-order valence-corrected chi connectivity index (χ4v) is 3.94. The number of hydrogen-bond acceptors (Lipinski definition) is 4. The Morgan fingerprint density at radius 2 is 1.92 bits per heavy atom. The molecule has 1 heterocycles. The number of fused-ring (bicyclic) bond motifs is 1. The minimum absolute atomic E-state index is 0.354. The summed E-state index contributed by atoms with van der Waals surface area (Å²) in [5.41, 5.74) is 3.83. The molecule has 0 aliphatic carbocycles. The van der Waals surface area contributed by atoms with E-state index in [-0.39, 0.29) is 5.91 Å². The second kappa shape index (κ2) is 6.72. The quantitative estimate of drug-likeness (QED) is 0.720. The number of aromatic nitrogens is 1. The van der Waals surface area contributed by atoms with Crippen LogP contribution in [-0.4, -0.2) is 24.7 Å². The molecule has 130 valence electrons. The molecule has 6 heteroatoms. The van der Waals surface area contributed by atoms with Crippen molar-refractivity contribution in [3.8, 4) is 11.5 Å². The molecule has 0 saturated carbocycles. The van der Waals surface area contributed by atoms with Gasteiger partial charge < -0.3 is 14.0 Å². The van der Waals surface area contributed by atoms with Gasteiger partial charge in [0.2, 0.25) is 0 Å². The average Bonchev–Trinajstić information content (AvgIpc) is 2.90. The molecule has 3 rings (SSSR count). The average molecular weight is 356 g/mol. The molecule has 1 amide bonds. The maximum atomic E-state index is 12.7. The monoisotopic (exact) mass is 356 g/mol. The summed E-state index contributed by atoms with van der Waals surface area (Å²) < 4.78 is 13.7. The van der Waals surface area contributed by atoms with E-state index in [1.807, 2.05) is 11.6 Å². The molecular weight excluding hydrogens is 336 g/mol. The molecule has 1 aromatic heterocycles. The number of aryl methyl sites for hydroxylation is 3. The van der Waals surface area contributed by atoms with E-state index < -0.39 is 0 Å². The number of ether oxygens (including phenoxy) is 2. The Balaban J connectivity index is 2.16. The number of hydrogen-bond donors (Lipinski definition) is 0. The number of rotatable bonds is 3. The van der Waals surface area contributed by atoms with Gasteiger partial charge in [-0.15, -0.1) is 0 Å². The lowest BCUT2D eigenvalue weighted by Gasteiger charge is -2.09. The van der Waals surface area contributed by atoms with Crippen molar-refractivity contribution in [2.45, 2.75) is 13.8 Å². The third-order valence-corrected chi connectivity index (χ3v) is 5.35. The first-order valence-electron chi connectivity index (χ1n) is 7.83. The van der Waals surface area contributed by atoms with Gasteiger partial charge in [0, 0.05) is 7.05 Å². The van der Waals surface area contributed by atoms with Crippen LogP contribution >= 0.6 is 11.3 Å². The van der Waals surface area contributed by atoms with Gasteiger partial charge in [-0.3, -0.25) is 4.79 Å². The van der Waals surface area contributed by atoms with Crippen LogP contribution in [0.15, 0.2) is 35.3 Å². The first-order valence-corrected chi connectivity index (χ1v) is 8.64. The Hall–Kier alpha value is -2.60. The predicted molar refractivity (Wildman–Crippen MR) is 99.7 cm³/mol. The molecular formula is C19H20N2O3S. The first-order chi connectivity index (χ1) is 12.0. The Kier molecular flexibility index (Phi) is 4.63. The molecule has 0 fully saturated rings. The molecule has 2 aromatic carbocycles. The molecule has 25 heavy (non-hydrogen) atoms. The summed E-state index contributed by atoms with van der Waals surface area (Å²) in [5.74, 6) is 0.553. The number of para-hydroxylation sites is 1. The van der Waals surface area contributed by atoms with Crippen LogP contribution in [0.2, 0.25) is 0 Å².